The SMILES string of the molecule is C.C.C.Cl.Cl.O.[Cl][Ti]([Cl])([Cl])[Cl].[O]=[Ti]. The Morgan fingerprint density at radius 3 is 0.769 bits per heavy atom. The second-order valence-corrected chi connectivity index (χ2v) is 15.9. The number of hydrogen-bond acceptors (Lipinski definition) is 1. The molecule has 0 saturated carbocycles. The minimum atomic E-state index is -3.11. The Kier molecular flexibility index (Phi) is 158. The van der Waals surface area contributed by atoms with Crippen LogP contribution in [0, 0.1) is 0 Å². The topological polar surface area (TPSA) is 48.6 Å². The van der Waals surface area contributed by atoms with Crippen molar-refractivity contribution >= 4 is 62.0 Å². The second kappa shape index (κ2) is 36.3. The molecule has 0 aliphatic heterocycles. The molecule has 0 spiro atoms. The van der Waals surface area contributed by atoms with Crippen LogP contribution >= 0.6 is 62.0 Å². The zero-order valence-electron chi connectivity index (χ0n) is 4.24. The van der Waals surface area contributed by atoms with Gasteiger partial charge in [0, 0.05) is 0 Å². The molecule has 2 N–H and O–H groups in total. The zero-order chi connectivity index (χ0) is 6.50. The van der Waals surface area contributed by atoms with Gasteiger partial charge in [0.15, 0.2) is 0 Å². The van der Waals surface area contributed by atoms with Crippen molar-refractivity contribution in [2.75, 3.05) is 0 Å². The average Bonchev–Trinajstić information content (AvgIpc) is 1.36. The van der Waals surface area contributed by atoms with Crippen molar-refractivity contribution in [3.05, 3.63) is 0 Å². The summed E-state index contributed by atoms with van der Waals surface area (Å²) in [4.78, 5) is 0. The van der Waals surface area contributed by atoms with Crippen molar-refractivity contribution in [3.63, 3.8) is 0 Å². The van der Waals surface area contributed by atoms with Crippen molar-refractivity contribution in [1.29, 1.82) is 0 Å². The summed E-state index contributed by atoms with van der Waals surface area (Å²) < 4.78 is 8.25. The van der Waals surface area contributed by atoms with Crippen LogP contribution < -0.4 is 0 Å². The summed E-state index contributed by atoms with van der Waals surface area (Å²) in [5, 5.41) is 0. The van der Waals surface area contributed by atoms with Crippen LogP contribution in [-0.2, 0) is 36.1 Å². The van der Waals surface area contributed by atoms with E-state index < -0.39 is 12.3 Å². The monoisotopic (exact) mass is 390 g/mol. The van der Waals surface area contributed by atoms with E-state index in [4.69, 9.17) is 40.5 Å². The summed E-state index contributed by atoms with van der Waals surface area (Å²) >= 11 is -2.36. The van der Waals surface area contributed by atoms with Gasteiger partial charge in [-0.1, -0.05) is 22.3 Å². The molecule has 0 unspecified atom stereocenters. The van der Waals surface area contributed by atoms with Crippen LogP contribution in [0.3, 0.4) is 0 Å². The van der Waals surface area contributed by atoms with Gasteiger partial charge in [-0.15, -0.1) is 24.8 Å². The first-order chi connectivity index (χ1) is 3.00. The Hall–Kier alpha value is 2.93. The Morgan fingerprint density at radius 1 is 0.769 bits per heavy atom. The standard InChI is InChI=1S/3CH4.6ClH.H2O.O.2Ti/h3*1H4;6*1H;1H2;;;/q;;;;;;;;;;;;+4/p-4. The van der Waals surface area contributed by atoms with E-state index in [0.29, 0.717) is 0 Å². The molecule has 0 bridgehead atoms. The maximum atomic E-state index is 8.25. The molecule has 2 nitrogen and oxygen atoms in total. The fourth-order valence-electron chi connectivity index (χ4n) is 0. The second-order valence-electron chi connectivity index (χ2n) is 0.429. The first-order valence-electron chi connectivity index (χ1n) is 0.960. The molecule has 0 radical (unpaired) electrons. The van der Waals surface area contributed by atoms with Crippen LogP contribution in [-0.4, -0.2) is 5.48 Å². The summed E-state index contributed by atoms with van der Waals surface area (Å²) in [6.07, 6.45) is 0. The van der Waals surface area contributed by atoms with E-state index >= 15 is 0 Å². The van der Waals surface area contributed by atoms with Crippen LogP contribution in [0.4, 0.5) is 0 Å². The molecule has 0 atom stereocenters. The Morgan fingerprint density at radius 2 is 0.769 bits per heavy atom. The van der Waals surface area contributed by atoms with Crippen LogP contribution in [0.25, 0.3) is 0 Å². The molecule has 13 heavy (non-hydrogen) atoms. The fourth-order valence-corrected chi connectivity index (χ4v) is 0. The van der Waals surface area contributed by atoms with Crippen molar-refractivity contribution in [2.45, 2.75) is 22.3 Å². The van der Waals surface area contributed by atoms with Gasteiger partial charge in [-0.25, -0.2) is 0 Å². The number of rotatable bonds is 0. The summed E-state index contributed by atoms with van der Waals surface area (Å²) in [6.45, 7) is 0. The first-order valence-corrected chi connectivity index (χ1v) is 10.2. The summed E-state index contributed by atoms with van der Waals surface area (Å²) in [7, 11) is 20.1. The van der Waals surface area contributed by atoms with Crippen molar-refractivity contribution in [2.24, 2.45) is 0 Å². The third kappa shape index (κ3) is 291. The van der Waals surface area contributed by atoms with Gasteiger partial charge >= 0.3 is 73.3 Å². The molecule has 0 aliphatic rings. The molecule has 0 rings (SSSR count). The number of halogens is 6. The molecule has 90 valence electrons. The van der Waals surface area contributed by atoms with Crippen LogP contribution in [0.1, 0.15) is 22.3 Å². The van der Waals surface area contributed by atoms with Gasteiger partial charge in [0.05, 0.1) is 0 Å². The van der Waals surface area contributed by atoms with Gasteiger partial charge in [-0.3, -0.25) is 0 Å². The van der Waals surface area contributed by atoms with E-state index in [1.54, 1.807) is 0 Å². The van der Waals surface area contributed by atoms with Gasteiger partial charge < -0.3 is 5.48 Å². The molecule has 0 aromatic heterocycles. The Balaban J connectivity index is -0.00000000492. The average molecular weight is 393 g/mol. The van der Waals surface area contributed by atoms with E-state index in [-0.39, 0.29) is 52.6 Å². The van der Waals surface area contributed by atoms with E-state index in [1.807, 2.05) is 0 Å². The van der Waals surface area contributed by atoms with Crippen molar-refractivity contribution in [1.82, 2.24) is 0 Å². The zero-order valence-corrected chi connectivity index (χ0v) is 12.0. The maximum absolute atomic E-state index is 8.25. The van der Waals surface area contributed by atoms with E-state index in [1.165, 1.54) is 0 Å². The molecule has 0 heterocycles. The van der Waals surface area contributed by atoms with Crippen LogP contribution in [0.5, 0.6) is 0 Å². The van der Waals surface area contributed by atoms with Crippen LogP contribution in [0.15, 0.2) is 0 Å². The predicted octanol–water partition coefficient (Wildman–Crippen LogP) is 4.56. The van der Waals surface area contributed by atoms with Crippen molar-refractivity contribution in [3.8, 4) is 0 Å². The molecule has 0 aromatic carbocycles. The van der Waals surface area contributed by atoms with Gasteiger partial charge in [0.2, 0.25) is 0 Å². The third-order valence-electron chi connectivity index (χ3n) is 0. The molecule has 0 amide bonds. The summed E-state index contributed by atoms with van der Waals surface area (Å²) in [6, 6.07) is 0. The Labute approximate surface area is 124 Å². The normalized spacial score (nSPS) is 4.85. The quantitative estimate of drug-likeness (QED) is 0.557. The van der Waals surface area contributed by atoms with Gasteiger partial charge in [-0.05, 0) is 0 Å². The number of hydrogen-bond donors (Lipinski definition) is 0. The summed E-state index contributed by atoms with van der Waals surface area (Å²) in [5.74, 6) is 0. The molecule has 10 heteroatoms. The van der Waals surface area contributed by atoms with Gasteiger partial charge in [0.1, 0.15) is 0 Å². The first kappa shape index (κ1) is 56.5. The molecule has 0 aromatic rings. The molecule has 0 saturated heterocycles. The van der Waals surface area contributed by atoms with Gasteiger partial charge in [0.25, 0.3) is 0 Å². The molecular formula is C3H16Cl6O2Ti2. The van der Waals surface area contributed by atoms with Crippen LogP contribution in [0.2, 0.25) is 0 Å². The fraction of sp³-hybridized carbons (Fsp3) is 1.00. The molecular weight excluding hydrogens is 376 g/mol. The minimum absolute atomic E-state index is 0. The Bertz CT molecular complexity index is 47.6. The van der Waals surface area contributed by atoms with Gasteiger partial charge in [-0.2, -0.15) is 0 Å². The van der Waals surface area contributed by atoms with E-state index in [0.717, 1.165) is 20.4 Å². The van der Waals surface area contributed by atoms with E-state index in [2.05, 4.69) is 0 Å². The van der Waals surface area contributed by atoms with Crippen molar-refractivity contribution < 1.29 is 41.6 Å². The van der Waals surface area contributed by atoms with E-state index in [9.17, 15) is 0 Å². The third-order valence-corrected chi connectivity index (χ3v) is 0. The predicted molar refractivity (Wildman–Crippen MR) is 62.4 cm³/mol. The molecule has 0 aliphatic carbocycles. The summed E-state index contributed by atoms with van der Waals surface area (Å²) in [5.41, 5.74) is 0. The molecule has 0 fully saturated rings.